The Hall–Kier alpha value is -1.08. The van der Waals surface area contributed by atoms with Crippen LogP contribution in [-0.4, -0.2) is 28.9 Å². The molecular formula is C10H19N3O. The van der Waals surface area contributed by atoms with E-state index < -0.39 is 5.54 Å². The monoisotopic (exact) mass is 197 g/mol. The Labute approximate surface area is 85.7 Å². The molecule has 0 radical (unpaired) electrons. The Morgan fingerprint density at radius 1 is 1.57 bits per heavy atom. The van der Waals surface area contributed by atoms with Gasteiger partial charge in [-0.05, 0) is 27.7 Å². The molecule has 80 valence electrons. The van der Waals surface area contributed by atoms with E-state index in [1.54, 1.807) is 18.7 Å². The largest absolute Gasteiger partial charge is 0.338 e. The van der Waals surface area contributed by atoms with Crippen LogP contribution in [0.3, 0.4) is 0 Å². The van der Waals surface area contributed by atoms with E-state index in [4.69, 9.17) is 11.0 Å². The normalized spacial score (nSPS) is 11.2. The average molecular weight is 197 g/mol. The van der Waals surface area contributed by atoms with Crippen LogP contribution >= 0.6 is 0 Å². The van der Waals surface area contributed by atoms with Crippen LogP contribution in [0, 0.1) is 11.3 Å². The molecule has 0 atom stereocenters. The fraction of sp³-hybridized carbons (Fsp3) is 0.800. The molecule has 4 heteroatoms. The zero-order valence-corrected chi connectivity index (χ0v) is 9.37. The first kappa shape index (κ1) is 12.9. The van der Waals surface area contributed by atoms with E-state index in [2.05, 4.69) is 0 Å². The smallest absolute Gasteiger partial charge is 0.242 e. The molecule has 0 fully saturated rings. The van der Waals surface area contributed by atoms with Gasteiger partial charge in [0.15, 0.2) is 0 Å². The summed E-state index contributed by atoms with van der Waals surface area (Å²) < 4.78 is 0. The lowest BCUT2D eigenvalue weighted by Crippen LogP contribution is -2.53. The van der Waals surface area contributed by atoms with E-state index in [0.29, 0.717) is 13.0 Å². The minimum Gasteiger partial charge on any atom is -0.338 e. The third-order valence-electron chi connectivity index (χ3n) is 1.90. The van der Waals surface area contributed by atoms with Crippen LogP contribution in [0.15, 0.2) is 0 Å². The maximum Gasteiger partial charge on any atom is 0.242 e. The van der Waals surface area contributed by atoms with Crippen molar-refractivity contribution in [3.05, 3.63) is 0 Å². The molecule has 0 saturated heterocycles. The predicted molar refractivity (Wildman–Crippen MR) is 55.3 cm³/mol. The van der Waals surface area contributed by atoms with Gasteiger partial charge >= 0.3 is 0 Å². The van der Waals surface area contributed by atoms with Gasteiger partial charge in [-0.25, -0.2) is 0 Å². The summed E-state index contributed by atoms with van der Waals surface area (Å²) >= 11 is 0. The van der Waals surface area contributed by atoms with Crippen LogP contribution in [0.5, 0.6) is 0 Å². The van der Waals surface area contributed by atoms with E-state index in [0.717, 1.165) is 0 Å². The molecule has 2 N–H and O–H groups in total. The van der Waals surface area contributed by atoms with Gasteiger partial charge in [0.1, 0.15) is 0 Å². The molecular weight excluding hydrogens is 178 g/mol. The number of nitrogens with zero attached hydrogens (tertiary/aromatic N) is 2. The Bertz CT molecular complexity index is 235. The van der Waals surface area contributed by atoms with Gasteiger partial charge in [-0.3, -0.25) is 4.79 Å². The fourth-order valence-corrected chi connectivity index (χ4v) is 1.13. The van der Waals surface area contributed by atoms with Crippen molar-refractivity contribution in [2.24, 2.45) is 5.73 Å². The number of amides is 1. The van der Waals surface area contributed by atoms with Gasteiger partial charge in [-0.2, -0.15) is 5.26 Å². The second-order valence-electron chi connectivity index (χ2n) is 4.22. The standard InChI is InChI=1S/C10H19N3O/c1-8(2)13(7-5-6-11)9(14)10(3,4)12/h8H,5,7,12H2,1-4H3. The molecule has 0 unspecified atom stereocenters. The molecule has 0 bridgehead atoms. The highest BCUT2D eigenvalue weighted by molar-refractivity contribution is 5.85. The minimum atomic E-state index is -0.861. The van der Waals surface area contributed by atoms with Gasteiger partial charge < -0.3 is 10.6 Å². The summed E-state index contributed by atoms with van der Waals surface area (Å²) in [4.78, 5) is 13.4. The van der Waals surface area contributed by atoms with Gasteiger partial charge in [0.25, 0.3) is 0 Å². The first-order valence-electron chi connectivity index (χ1n) is 4.77. The summed E-state index contributed by atoms with van der Waals surface area (Å²) in [5.41, 5.74) is 4.85. The molecule has 0 aromatic rings. The van der Waals surface area contributed by atoms with Crippen molar-refractivity contribution in [2.45, 2.75) is 45.7 Å². The van der Waals surface area contributed by atoms with Crippen LogP contribution < -0.4 is 5.73 Å². The number of nitriles is 1. The summed E-state index contributed by atoms with van der Waals surface area (Å²) in [5, 5.41) is 8.46. The number of rotatable bonds is 4. The van der Waals surface area contributed by atoms with Crippen LogP contribution in [0.2, 0.25) is 0 Å². The van der Waals surface area contributed by atoms with Gasteiger partial charge in [0, 0.05) is 12.6 Å². The Kier molecular flexibility index (Phi) is 4.58. The SMILES string of the molecule is CC(C)N(CCC#N)C(=O)C(C)(C)N. The van der Waals surface area contributed by atoms with E-state index >= 15 is 0 Å². The van der Waals surface area contributed by atoms with Crippen LogP contribution in [-0.2, 0) is 4.79 Å². The lowest BCUT2D eigenvalue weighted by molar-refractivity contribution is -0.137. The van der Waals surface area contributed by atoms with Crippen molar-refractivity contribution < 1.29 is 4.79 Å². The summed E-state index contributed by atoms with van der Waals surface area (Å²) in [6, 6.07) is 2.11. The number of carbonyl (C=O) groups excluding carboxylic acids is 1. The zero-order valence-electron chi connectivity index (χ0n) is 9.37. The van der Waals surface area contributed by atoms with Crippen molar-refractivity contribution in [1.82, 2.24) is 4.90 Å². The highest BCUT2D eigenvalue weighted by Gasteiger charge is 2.28. The highest BCUT2D eigenvalue weighted by atomic mass is 16.2. The quantitative estimate of drug-likeness (QED) is 0.727. The van der Waals surface area contributed by atoms with E-state index in [1.165, 1.54) is 0 Å². The summed E-state index contributed by atoms with van der Waals surface area (Å²) in [6.07, 6.45) is 0.347. The van der Waals surface area contributed by atoms with Gasteiger partial charge in [0.05, 0.1) is 18.0 Å². The summed E-state index contributed by atoms with van der Waals surface area (Å²) in [6.45, 7) is 7.64. The topological polar surface area (TPSA) is 70.1 Å². The summed E-state index contributed by atoms with van der Waals surface area (Å²) in [5.74, 6) is -0.109. The number of hydrogen-bond acceptors (Lipinski definition) is 3. The number of nitrogens with two attached hydrogens (primary N) is 1. The Balaban J connectivity index is 4.52. The molecule has 0 saturated carbocycles. The summed E-state index contributed by atoms with van der Waals surface area (Å²) in [7, 11) is 0. The van der Waals surface area contributed by atoms with Crippen LogP contribution in [0.4, 0.5) is 0 Å². The average Bonchev–Trinajstić information content (AvgIpc) is 2.02. The van der Waals surface area contributed by atoms with Crippen molar-refractivity contribution in [2.75, 3.05) is 6.54 Å². The molecule has 0 aliphatic carbocycles. The van der Waals surface area contributed by atoms with Gasteiger partial charge in [-0.15, -0.1) is 0 Å². The molecule has 1 amide bonds. The van der Waals surface area contributed by atoms with Crippen molar-refractivity contribution in [3.63, 3.8) is 0 Å². The highest BCUT2D eigenvalue weighted by Crippen LogP contribution is 2.08. The molecule has 4 nitrogen and oxygen atoms in total. The molecule has 0 aromatic heterocycles. The van der Waals surface area contributed by atoms with Crippen LogP contribution in [0.1, 0.15) is 34.1 Å². The van der Waals surface area contributed by atoms with Crippen LogP contribution in [0.25, 0.3) is 0 Å². The predicted octanol–water partition coefficient (Wildman–Crippen LogP) is 0.874. The fourth-order valence-electron chi connectivity index (χ4n) is 1.13. The molecule has 14 heavy (non-hydrogen) atoms. The lowest BCUT2D eigenvalue weighted by atomic mass is 10.0. The third-order valence-corrected chi connectivity index (χ3v) is 1.90. The lowest BCUT2D eigenvalue weighted by Gasteiger charge is -2.31. The number of hydrogen-bond donors (Lipinski definition) is 1. The van der Waals surface area contributed by atoms with Gasteiger partial charge in [0.2, 0.25) is 5.91 Å². The minimum absolute atomic E-state index is 0.0821. The molecule has 0 aliphatic rings. The maximum atomic E-state index is 11.8. The van der Waals surface area contributed by atoms with E-state index in [1.807, 2.05) is 19.9 Å². The molecule has 0 heterocycles. The van der Waals surface area contributed by atoms with Crippen molar-refractivity contribution in [3.8, 4) is 6.07 Å². The molecule has 0 aliphatic heterocycles. The Morgan fingerprint density at radius 3 is 2.36 bits per heavy atom. The zero-order chi connectivity index (χ0) is 11.4. The second-order valence-corrected chi connectivity index (χ2v) is 4.22. The molecule has 0 aromatic carbocycles. The van der Waals surface area contributed by atoms with Crippen molar-refractivity contribution in [1.29, 1.82) is 5.26 Å². The van der Waals surface area contributed by atoms with Gasteiger partial charge in [-0.1, -0.05) is 0 Å². The first-order chi connectivity index (χ1) is 6.30. The van der Waals surface area contributed by atoms with E-state index in [-0.39, 0.29) is 11.9 Å². The molecule has 0 rings (SSSR count). The van der Waals surface area contributed by atoms with Crippen molar-refractivity contribution >= 4 is 5.91 Å². The first-order valence-corrected chi connectivity index (χ1v) is 4.77. The maximum absolute atomic E-state index is 11.8. The number of carbonyl (C=O) groups is 1. The second kappa shape index (κ2) is 4.97. The third kappa shape index (κ3) is 3.75. The molecule has 0 spiro atoms. The Morgan fingerprint density at radius 2 is 2.07 bits per heavy atom. The van der Waals surface area contributed by atoms with E-state index in [9.17, 15) is 4.79 Å².